The standard InChI is InChI=1S/C28H22Cl2N4O2/c1-17-13-19(18(2)34(17)26-12-11-20(29)14-23(26)30)15-31-32-27(35)16-33-24-9-5-3-7-21(24)28(36)22-8-4-6-10-25(22)33/h3-15H,16H2,1-2H3,(H,32,35)/b31-15-. The third-order valence-electron chi connectivity index (χ3n) is 6.19. The molecule has 0 aliphatic rings. The highest BCUT2D eigenvalue weighted by atomic mass is 35.5. The minimum absolute atomic E-state index is 0.0120. The van der Waals surface area contributed by atoms with Gasteiger partial charge in [-0.2, -0.15) is 5.10 Å². The number of carbonyl (C=O) groups excluding carboxylic acids is 1. The first kappa shape index (κ1) is 23.9. The minimum atomic E-state index is -0.306. The van der Waals surface area contributed by atoms with E-state index in [0.717, 1.165) is 22.6 Å². The van der Waals surface area contributed by atoms with Gasteiger partial charge in [0.25, 0.3) is 5.91 Å². The summed E-state index contributed by atoms with van der Waals surface area (Å²) in [6, 6.07) is 21.9. The number of fused-ring (bicyclic) bond motifs is 2. The molecule has 0 radical (unpaired) electrons. The summed E-state index contributed by atoms with van der Waals surface area (Å²) < 4.78 is 3.85. The van der Waals surface area contributed by atoms with E-state index in [1.54, 1.807) is 30.5 Å². The van der Waals surface area contributed by atoms with Gasteiger partial charge in [0, 0.05) is 32.7 Å². The Labute approximate surface area is 217 Å². The summed E-state index contributed by atoms with van der Waals surface area (Å²) in [6.45, 7) is 3.94. The largest absolute Gasteiger partial charge is 0.331 e. The average Bonchev–Trinajstić information content (AvgIpc) is 3.14. The van der Waals surface area contributed by atoms with Crippen molar-refractivity contribution < 1.29 is 4.79 Å². The molecule has 36 heavy (non-hydrogen) atoms. The second-order valence-corrected chi connectivity index (χ2v) is 9.34. The summed E-state index contributed by atoms with van der Waals surface area (Å²) in [5.74, 6) is -0.306. The molecular formula is C28H22Cl2N4O2. The number of nitrogens with one attached hydrogen (secondary N) is 1. The predicted octanol–water partition coefficient (Wildman–Crippen LogP) is 6.02. The smallest absolute Gasteiger partial charge is 0.260 e. The zero-order valence-corrected chi connectivity index (χ0v) is 21.1. The van der Waals surface area contributed by atoms with Gasteiger partial charge in [-0.05, 0) is 62.4 Å². The van der Waals surface area contributed by atoms with Gasteiger partial charge in [-0.25, -0.2) is 5.43 Å². The van der Waals surface area contributed by atoms with E-state index >= 15 is 0 Å². The van der Waals surface area contributed by atoms with Crippen LogP contribution in [-0.2, 0) is 11.3 Å². The molecule has 5 aromatic rings. The lowest BCUT2D eigenvalue weighted by molar-refractivity contribution is -0.121. The molecule has 180 valence electrons. The van der Waals surface area contributed by atoms with Gasteiger partial charge in [-0.3, -0.25) is 9.59 Å². The Balaban J connectivity index is 1.41. The van der Waals surface area contributed by atoms with E-state index in [2.05, 4.69) is 10.5 Å². The molecule has 0 aliphatic heterocycles. The zero-order valence-electron chi connectivity index (χ0n) is 19.6. The molecule has 0 unspecified atom stereocenters. The van der Waals surface area contributed by atoms with Crippen LogP contribution in [0.5, 0.6) is 0 Å². The summed E-state index contributed by atoms with van der Waals surface area (Å²) in [5, 5.41) is 6.45. The number of rotatable bonds is 5. The van der Waals surface area contributed by atoms with Crippen LogP contribution in [0.25, 0.3) is 27.5 Å². The molecule has 0 atom stereocenters. The van der Waals surface area contributed by atoms with Crippen LogP contribution in [0.3, 0.4) is 0 Å². The van der Waals surface area contributed by atoms with Crippen LogP contribution in [0, 0.1) is 13.8 Å². The molecule has 1 N–H and O–H groups in total. The Bertz CT molecular complexity index is 1670. The van der Waals surface area contributed by atoms with Crippen LogP contribution in [0.1, 0.15) is 17.0 Å². The molecule has 0 fully saturated rings. The van der Waals surface area contributed by atoms with Gasteiger partial charge < -0.3 is 9.13 Å². The molecule has 0 spiro atoms. The number of benzene rings is 3. The quantitative estimate of drug-likeness (QED) is 0.176. The minimum Gasteiger partial charge on any atom is -0.331 e. The Morgan fingerprint density at radius 2 is 1.58 bits per heavy atom. The summed E-state index contributed by atoms with van der Waals surface area (Å²) >= 11 is 12.5. The van der Waals surface area contributed by atoms with E-state index in [1.807, 2.05) is 71.5 Å². The zero-order chi connectivity index (χ0) is 25.4. The molecule has 8 heteroatoms. The number of para-hydroxylation sites is 2. The SMILES string of the molecule is Cc1cc(/C=N\NC(=O)Cn2c3ccccc3c(=O)c3ccccc32)c(C)n1-c1ccc(Cl)cc1Cl. The van der Waals surface area contributed by atoms with Crippen molar-refractivity contribution in [3.05, 3.63) is 110 Å². The lowest BCUT2D eigenvalue weighted by Crippen LogP contribution is -2.25. The Kier molecular flexibility index (Phi) is 6.39. The number of amides is 1. The number of aromatic nitrogens is 2. The highest BCUT2D eigenvalue weighted by Crippen LogP contribution is 2.28. The molecule has 1 amide bonds. The summed E-state index contributed by atoms with van der Waals surface area (Å²) in [5.41, 5.74) is 7.52. The number of nitrogens with zero attached hydrogens (tertiary/aromatic N) is 3. The van der Waals surface area contributed by atoms with E-state index in [4.69, 9.17) is 23.2 Å². The van der Waals surface area contributed by atoms with Crippen molar-refractivity contribution in [3.63, 3.8) is 0 Å². The molecule has 2 aromatic heterocycles. The Morgan fingerprint density at radius 1 is 0.944 bits per heavy atom. The fourth-order valence-corrected chi connectivity index (χ4v) is 5.04. The molecule has 0 saturated carbocycles. The highest BCUT2D eigenvalue weighted by Gasteiger charge is 2.14. The van der Waals surface area contributed by atoms with Gasteiger partial charge in [-0.1, -0.05) is 47.5 Å². The molecule has 0 aliphatic carbocycles. The van der Waals surface area contributed by atoms with E-state index < -0.39 is 0 Å². The number of aryl methyl sites for hydroxylation is 1. The maximum Gasteiger partial charge on any atom is 0.260 e. The third kappa shape index (κ3) is 4.30. The Hall–Kier alpha value is -3.87. The lowest BCUT2D eigenvalue weighted by Gasteiger charge is -2.14. The maximum absolute atomic E-state index is 12.9. The molecule has 0 bridgehead atoms. The van der Waals surface area contributed by atoms with E-state index in [0.29, 0.717) is 31.9 Å². The maximum atomic E-state index is 12.9. The molecular weight excluding hydrogens is 495 g/mol. The van der Waals surface area contributed by atoms with Gasteiger partial charge in [0.1, 0.15) is 6.54 Å². The molecule has 3 aromatic carbocycles. The number of carbonyl (C=O) groups is 1. The number of hydrogen-bond donors (Lipinski definition) is 1. The van der Waals surface area contributed by atoms with Crippen LogP contribution in [0.4, 0.5) is 0 Å². The molecule has 5 rings (SSSR count). The normalized spacial score (nSPS) is 11.6. The van der Waals surface area contributed by atoms with Crippen molar-refractivity contribution in [2.45, 2.75) is 20.4 Å². The summed E-state index contributed by atoms with van der Waals surface area (Å²) in [7, 11) is 0. The fourth-order valence-electron chi connectivity index (χ4n) is 4.55. The summed E-state index contributed by atoms with van der Waals surface area (Å²) in [4.78, 5) is 25.8. The molecule has 0 saturated heterocycles. The second kappa shape index (κ2) is 9.64. The first-order valence-corrected chi connectivity index (χ1v) is 12.1. The monoisotopic (exact) mass is 516 g/mol. The van der Waals surface area contributed by atoms with Crippen molar-refractivity contribution in [3.8, 4) is 5.69 Å². The van der Waals surface area contributed by atoms with E-state index in [-0.39, 0.29) is 17.9 Å². The first-order chi connectivity index (χ1) is 17.3. The van der Waals surface area contributed by atoms with Crippen molar-refractivity contribution in [1.82, 2.24) is 14.6 Å². The lowest BCUT2D eigenvalue weighted by atomic mass is 10.1. The van der Waals surface area contributed by atoms with Crippen molar-refractivity contribution in [1.29, 1.82) is 0 Å². The third-order valence-corrected chi connectivity index (χ3v) is 6.73. The van der Waals surface area contributed by atoms with Gasteiger partial charge in [0.15, 0.2) is 5.43 Å². The fraction of sp³-hybridized carbons (Fsp3) is 0.107. The van der Waals surface area contributed by atoms with E-state index in [9.17, 15) is 9.59 Å². The van der Waals surface area contributed by atoms with Gasteiger partial charge in [0.2, 0.25) is 0 Å². The van der Waals surface area contributed by atoms with Crippen LogP contribution >= 0.6 is 23.2 Å². The number of hydrazone groups is 1. The van der Waals surface area contributed by atoms with Gasteiger partial charge in [0.05, 0.1) is 28.0 Å². The number of halogens is 2. The van der Waals surface area contributed by atoms with Crippen molar-refractivity contribution >= 4 is 57.1 Å². The number of pyridine rings is 1. The van der Waals surface area contributed by atoms with Crippen LogP contribution < -0.4 is 10.9 Å². The highest BCUT2D eigenvalue weighted by molar-refractivity contribution is 6.35. The van der Waals surface area contributed by atoms with Crippen LogP contribution in [0.2, 0.25) is 10.0 Å². The Morgan fingerprint density at radius 3 is 2.22 bits per heavy atom. The second-order valence-electron chi connectivity index (χ2n) is 8.50. The number of hydrogen-bond acceptors (Lipinski definition) is 3. The van der Waals surface area contributed by atoms with Crippen LogP contribution in [-0.4, -0.2) is 21.3 Å². The van der Waals surface area contributed by atoms with Gasteiger partial charge >= 0.3 is 0 Å². The summed E-state index contributed by atoms with van der Waals surface area (Å²) in [6.07, 6.45) is 1.61. The topological polar surface area (TPSA) is 68.4 Å². The molecule has 2 heterocycles. The van der Waals surface area contributed by atoms with Crippen LogP contribution in [0.15, 0.2) is 82.7 Å². The first-order valence-electron chi connectivity index (χ1n) is 11.3. The predicted molar refractivity (Wildman–Crippen MR) is 147 cm³/mol. The van der Waals surface area contributed by atoms with Crippen molar-refractivity contribution in [2.24, 2.45) is 5.10 Å². The van der Waals surface area contributed by atoms with Gasteiger partial charge in [-0.15, -0.1) is 0 Å². The van der Waals surface area contributed by atoms with Crippen molar-refractivity contribution in [2.75, 3.05) is 0 Å². The molecule has 6 nitrogen and oxygen atoms in total. The average molecular weight is 517 g/mol. The van der Waals surface area contributed by atoms with E-state index in [1.165, 1.54) is 0 Å².